The summed E-state index contributed by atoms with van der Waals surface area (Å²) < 4.78 is 1.94. The Morgan fingerprint density at radius 3 is 2.68 bits per heavy atom. The molecule has 0 N–H and O–H groups in total. The van der Waals surface area contributed by atoms with Crippen LogP contribution in [0.25, 0.3) is 5.65 Å². The van der Waals surface area contributed by atoms with E-state index in [9.17, 15) is 4.79 Å². The van der Waals surface area contributed by atoms with E-state index in [-0.39, 0.29) is 0 Å². The van der Waals surface area contributed by atoms with Crippen LogP contribution in [0.3, 0.4) is 0 Å². The summed E-state index contributed by atoms with van der Waals surface area (Å²) in [5.74, 6) is 6.15. The predicted molar refractivity (Wildman–Crippen MR) is 73.0 cm³/mol. The number of pyridine rings is 1. The summed E-state index contributed by atoms with van der Waals surface area (Å²) in [6.07, 6.45) is 4.51. The molecule has 2 aromatic heterocycles. The third kappa shape index (κ3) is 2.24. The predicted octanol–water partition coefficient (Wildman–Crippen LogP) is 2.55. The van der Waals surface area contributed by atoms with Gasteiger partial charge in [-0.1, -0.05) is 24.1 Å². The van der Waals surface area contributed by atoms with E-state index >= 15 is 0 Å². The smallest absolute Gasteiger partial charge is 0.150 e. The number of carbonyl (C=O) groups is 1. The molecule has 0 unspecified atom stereocenters. The molecule has 2 heterocycles. The highest BCUT2D eigenvalue weighted by Gasteiger charge is 1.97. The summed E-state index contributed by atoms with van der Waals surface area (Å²) in [7, 11) is 0. The maximum atomic E-state index is 10.6. The summed E-state index contributed by atoms with van der Waals surface area (Å²) in [5.41, 5.74) is 3.25. The third-order valence-corrected chi connectivity index (χ3v) is 2.80. The monoisotopic (exact) mass is 246 g/mol. The molecule has 0 fully saturated rings. The van der Waals surface area contributed by atoms with Gasteiger partial charge in [0.15, 0.2) is 0 Å². The molecule has 0 atom stereocenters. The van der Waals surface area contributed by atoms with Crippen LogP contribution in [0, 0.1) is 11.8 Å². The lowest BCUT2D eigenvalue weighted by atomic mass is 10.1. The number of benzene rings is 1. The number of aldehydes is 1. The van der Waals surface area contributed by atoms with Gasteiger partial charge in [-0.25, -0.2) is 4.98 Å². The summed E-state index contributed by atoms with van der Waals surface area (Å²) >= 11 is 0. The molecule has 3 rings (SSSR count). The van der Waals surface area contributed by atoms with Crippen molar-refractivity contribution in [2.24, 2.45) is 0 Å². The number of carbonyl (C=O) groups excluding carboxylic acids is 1. The van der Waals surface area contributed by atoms with E-state index in [4.69, 9.17) is 0 Å². The van der Waals surface area contributed by atoms with E-state index in [1.165, 1.54) is 0 Å². The molecule has 0 aliphatic heterocycles. The zero-order valence-corrected chi connectivity index (χ0v) is 10.1. The van der Waals surface area contributed by atoms with Gasteiger partial charge in [-0.15, -0.1) is 0 Å². The van der Waals surface area contributed by atoms with Crippen LogP contribution in [0.5, 0.6) is 0 Å². The number of imidazole rings is 1. The highest BCUT2D eigenvalue weighted by molar-refractivity contribution is 5.74. The van der Waals surface area contributed by atoms with Gasteiger partial charge in [0, 0.05) is 17.3 Å². The molecular weight excluding hydrogens is 236 g/mol. The molecule has 0 aliphatic carbocycles. The van der Waals surface area contributed by atoms with Gasteiger partial charge in [0.1, 0.15) is 17.6 Å². The number of fused-ring (bicyclic) bond motifs is 1. The Hall–Kier alpha value is -2.86. The lowest BCUT2D eigenvalue weighted by Crippen LogP contribution is -1.86. The molecule has 0 radical (unpaired) electrons. The van der Waals surface area contributed by atoms with E-state index in [0.717, 1.165) is 23.2 Å². The first-order chi connectivity index (χ1) is 9.36. The van der Waals surface area contributed by atoms with Crippen LogP contribution >= 0.6 is 0 Å². The summed E-state index contributed by atoms with van der Waals surface area (Å²) in [4.78, 5) is 14.8. The van der Waals surface area contributed by atoms with Crippen LogP contribution in [0.2, 0.25) is 0 Å². The Balaban J connectivity index is 1.96. The molecule has 0 amide bonds. The molecule has 19 heavy (non-hydrogen) atoms. The maximum Gasteiger partial charge on any atom is 0.150 e. The molecule has 1 aromatic carbocycles. The number of hydrogen-bond acceptors (Lipinski definition) is 2. The molecule has 3 heteroatoms. The molecule has 0 spiro atoms. The molecule has 0 saturated carbocycles. The summed E-state index contributed by atoms with van der Waals surface area (Å²) in [5, 5.41) is 0. The first-order valence-corrected chi connectivity index (χ1v) is 5.86. The van der Waals surface area contributed by atoms with Crippen molar-refractivity contribution in [3.8, 4) is 11.8 Å². The number of nitrogens with zero attached hydrogens (tertiary/aromatic N) is 2. The summed E-state index contributed by atoms with van der Waals surface area (Å²) in [6, 6.07) is 13.0. The molecule has 3 aromatic rings. The van der Waals surface area contributed by atoms with Crippen LogP contribution in [-0.2, 0) is 0 Å². The van der Waals surface area contributed by atoms with Crippen molar-refractivity contribution in [1.29, 1.82) is 0 Å². The van der Waals surface area contributed by atoms with E-state index in [1.807, 2.05) is 40.9 Å². The Bertz CT molecular complexity index is 789. The van der Waals surface area contributed by atoms with Gasteiger partial charge in [0.2, 0.25) is 0 Å². The largest absolute Gasteiger partial charge is 0.298 e. The molecular formula is C16H10N2O. The minimum absolute atomic E-state index is 0.653. The van der Waals surface area contributed by atoms with Gasteiger partial charge in [0.05, 0.1) is 6.20 Å². The Morgan fingerprint density at radius 2 is 1.89 bits per heavy atom. The van der Waals surface area contributed by atoms with Crippen LogP contribution in [-0.4, -0.2) is 15.7 Å². The zero-order chi connectivity index (χ0) is 13.1. The second-order valence-corrected chi connectivity index (χ2v) is 4.06. The second kappa shape index (κ2) is 4.79. The summed E-state index contributed by atoms with van der Waals surface area (Å²) in [6.45, 7) is 0. The standard InChI is InChI=1S/C16H10N2O/c19-12-14-6-4-13(5-7-14)8-9-15-11-17-16-3-1-2-10-18(15)16/h1-7,10-12H. The Morgan fingerprint density at radius 1 is 1.05 bits per heavy atom. The van der Waals surface area contributed by atoms with Gasteiger partial charge in [-0.2, -0.15) is 0 Å². The first kappa shape index (κ1) is 11.2. The molecule has 90 valence electrons. The van der Waals surface area contributed by atoms with Crippen molar-refractivity contribution in [2.45, 2.75) is 0 Å². The Labute approximate surface area is 110 Å². The maximum absolute atomic E-state index is 10.6. The highest BCUT2D eigenvalue weighted by Crippen LogP contribution is 2.05. The van der Waals surface area contributed by atoms with Crippen LogP contribution in [0.1, 0.15) is 21.6 Å². The van der Waals surface area contributed by atoms with Crippen LogP contribution < -0.4 is 0 Å². The second-order valence-electron chi connectivity index (χ2n) is 4.06. The van der Waals surface area contributed by atoms with Crippen molar-refractivity contribution in [1.82, 2.24) is 9.38 Å². The quantitative estimate of drug-likeness (QED) is 0.488. The van der Waals surface area contributed by atoms with E-state index in [2.05, 4.69) is 16.8 Å². The van der Waals surface area contributed by atoms with Gasteiger partial charge in [-0.3, -0.25) is 9.20 Å². The fraction of sp³-hybridized carbons (Fsp3) is 0. The lowest BCUT2D eigenvalue weighted by Gasteiger charge is -1.93. The van der Waals surface area contributed by atoms with E-state index < -0.39 is 0 Å². The van der Waals surface area contributed by atoms with E-state index in [0.29, 0.717) is 5.56 Å². The van der Waals surface area contributed by atoms with Gasteiger partial charge < -0.3 is 0 Å². The van der Waals surface area contributed by atoms with Crippen molar-refractivity contribution >= 4 is 11.9 Å². The molecule has 0 bridgehead atoms. The average Bonchev–Trinajstić information content (AvgIpc) is 2.89. The fourth-order valence-corrected chi connectivity index (χ4v) is 1.81. The van der Waals surface area contributed by atoms with Crippen molar-refractivity contribution in [2.75, 3.05) is 0 Å². The zero-order valence-electron chi connectivity index (χ0n) is 10.1. The molecule has 0 saturated heterocycles. The van der Waals surface area contributed by atoms with Crippen molar-refractivity contribution in [3.63, 3.8) is 0 Å². The van der Waals surface area contributed by atoms with Crippen molar-refractivity contribution < 1.29 is 4.79 Å². The van der Waals surface area contributed by atoms with Crippen LogP contribution in [0.4, 0.5) is 0 Å². The normalized spacial score (nSPS) is 9.89. The minimum atomic E-state index is 0.653. The van der Waals surface area contributed by atoms with Gasteiger partial charge >= 0.3 is 0 Å². The third-order valence-electron chi connectivity index (χ3n) is 2.80. The van der Waals surface area contributed by atoms with E-state index in [1.54, 1.807) is 18.3 Å². The number of aromatic nitrogens is 2. The SMILES string of the molecule is O=Cc1ccc(C#Cc2cnc3ccccn23)cc1. The number of hydrogen-bond donors (Lipinski definition) is 0. The highest BCUT2D eigenvalue weighted by atomic mass is 16.1. The lowest BCUT2D eigenvalue weighted by molar-refractivity contribution is 0.112. The van der Waals surface area contributed by atoms with Gasteiger partial charge in [-0.05, 0) is 30.2 Å². The topological polar surface area (TPSA) is 34.4 Å². The minimum Gasteiger partial charge on any atom is -0.298 e. The first-order valence-electron chi connectivity index (χ1n) is 5.86. The molecule has 3 nitrogen and oxygen atoms in total. The fourth-order valence-electron chi connectivity index (χ4n) is 1.81. The molecule has 0 aliphatic rings. The van der Waals surface area contributed by atoms with Crippen molar-refractivity contribution in [3.05, 3.63) is 71.7 Å². The number of rotatable bonds is 1. The Kier molecular flexibility index (Phi) is 2.83. The average molecular weight is 246 g/mol. The van der Waals surface area contributed by atoms with Gasteiger partial charge in [0.25, 0.3) is 0 Å². The van der Waals surface area contributed by atoms with Crippen LogP contribution in [0.15, 0.2) is 54.9 Å².